The first-order chi connectivity index (χ1) is 11.2. The third-order valence-electron chi connectivity index (χ3n) is 2.58. The summed E-state index contributed by atoms with van der Waals surface area (Å²) in [6.07, 6.45) is 0.569. The highest BCUT2D eigenvalue weighted by molar-refractivity contribution is 5.67. The Balaban J connectivity index is 3.05. The van der Waals surface area contributed by atoms with Gasteiger partial charge in [0, 0.05) is 26.3 Å². The van der Waals surface area contributed by atoms with E-state index in [2.05, 4.69) is 20.1 Å². The second-order valence-electron chi connectivity index (χ2n) is 4.38. The van der Waals surface area contributed by atoms with Crippen LogP contribution in [-0.2, 0) is 23.7 Å². The van der Waals surface area contributed by atoms with Gasteiger partial charge in [-0.25, -0.2) is 9.59 Å². The van der Waals surface area contributed by atoms with Gasteiger partial charge in [-0.1, -0.05) is 0 Å². The summed E-state index contributed by atoms with van der Waals surface area (Å²) in [4.78, 5) is 21.5. The molecule has 0 spiro atoms. The molecule has 2 N–H and O–H groups in total. The van der Waals surface area contributed by atoms with Crippen molar-refractivity contribution >= 4 is 12.2 Å². The third kappa shape index (κ3) is 16.6. The van der Waals surface area contributed by atoms with E-state index in [1.165, 1.54) is 14.2 Å². The van der Waals surface area contributed by atoms with Crippen molar-refractivity contribution in [1.29, 1.82) is 0 Å². The van der Waals surface area contributed by atoms with E-state index >= 15 is 0 Å². The van der Waals surface area contributed by atoms with Crippen molar-refractivity contribution in [3.63, 3.8) is 0 Å². The van der Waals surface area contributed by atoms with Crippen LogP contribution in [0.15, 0.2) is 0 Å². The molecule has 0 aromatic carbocycles. The van der Waals surface area contributed by atoms with Crippen molar-refractivity contribution in [2.45, 2.75) is 12.8 Å². The van der Waals surface area contributed by atoms with Crippen LogP contribution < -0.4 is 10.6 Å². The molecule has 0 aliphatic rings. The van der Waals surface area contributed by atoms with Gasteiger partial charge in [0.25, 0.3) is 0 Å². The lowest BCUT2D eigenvalue weighted by Crippen LogP contribution is -2.25. The van der Waals surface area contributed by atoms with Crippen molar-refractivity contribution in [3.05, 3.63) is 0 Å². The first-order valence-electron chi connectivity index (χ1n) is 7.57. The first kappa shape index (κ1) is 21.4. The van der Waals surface area contributed by atoms with Gasteiger partial charge in [-0.3, -0.25) is 0 Å². The van der Waals surface area contributed by atoms with E-state index in [0.717, 1.165) is 12.8 Å². The molecule has 0 aliphatic heterocycles. The quantitative estimate of drug-likeness (QED) is 0.446. The third-order valence-corrected chi connectivity index (χ3v) is 2.58. The van der Waals surface area contributed by atoms with E-state index in [4.69, 9.17) is 14.2 Å². The Morgan fingerprint density at radius 3 is 1.35 bits per heavy atom. The van der Waals surface area contributed by atoms with Gasteiger partial charge in [-0.2, -0.15) is 0 Å². The summed E-state index contributed by atoms with van der Waals surface area (Å²) in [7, 11) is 2.65. The van der Waals surface area contributed by atoms with Gasteiger partial charge < -0.3 is 34.3 Å². The monoisotopic (exact) mass is 336 g/mol. The molecule has 0 radical (unpaired) electrons. The van der Waals surface area contributed by atoms with Gasteiger partial charge in [0.15, 0.2) is 0 Å². The smallest absolute Gasteiger partial charge is 0.406 e. The van der Waals surface area contributed by atoms with Crippen LogP contribution in [0.5, 0.6) is 0 Å². The molecule has 9 heteroatoms. The van der Waals surface area contributed by atoms with Gasteiger partial charge in [-0.05, 0) is 12.8 Å². The van der Waals surface area contributed by atoms with E-state index in [0.29, 0.717) is 52.7 Å². The number of alkyl carbamates (subject to hydrolysis) is 2. The minimum atomic E-state index is -0.436. The molecule has 0 fully saturated rings. The molecule has 0 bridgehead atoms. The summed E-state index contributed by atoms with van der Waals surface area (Å²) in [5.74, 6) is 0. The Hall–Kier alpha value is -1.58. The van der Waals surface area contributed by atoms with Gasteiger partial charge in [0.05, 0.1) is 40.6 Å². The van der Waals surface area contributed by atoms with Crippen molar-refractivity contribution in [2.24, 2.45) is 0 Å². The maximum atomic E-state index is 10.7. The lowest BCUT2D eigenvalue weighted by Gasteiger charge is -2.07. The molecule has 0 aromatic rings. The van der Waals surface area contributed by atoms with Crippen LogP contribution in [0.3, 0.4) is 0 Å². The van der Waals surface area contributed by atoms with Crippen LogP contribution >= 0.6 is 0 Å². The lowest BCUT2D eigenvalue weighted by atomic mass is 10.4. The second kappa shape index (κ2) is 16.8. The highest BCUT2D eigenvalue weighted by Gasteiger charge is 1.97. The number of carbonyl (C=O) groups is 2. The zero-order valence-electron chi connectivity index (χ0n) is 13.9. The molecule has 0 rings (SSSR count). The number of hydrogen-bond donors (Lipinski definition) is 2. The average molecular weight is 336 g/mol. The van der Waals surface area contributed by atoms with E-state index in [9.17, 15) is 9.59 Å². The fourth-order valence-electron chi connectivity index (χ4n) is 1.42. The molecule has 0 saturated carbocycles. The van der Waals surface area contributed by atoms with Gasteiger partial charge in [0.2, 0.25) is 0 Å². The largest absolute Gasteiger partial charge is 0.453 e. The Bertz CT molecular complexity index is 275. The number of carbonyl (C=O) groups excluding carboxylic acids is 2. The zero-order valence-corrected chi connectivity index (χ0v) is 13.9. The average Bonchev–Trinajstić information content (AvgIpc) is 2.57. The number of nitrogens with one attached hydrogen (secondary N) is 2. The number of hydrogen-bond acceptors (Lipinski definition) is 7. The number of rotatable bonds is 14. The Kier molecular flexibility index (Phi) is 15.6. The fourth-order valence-corrected chi connectivity index (χ4v) is 1.42. The first-order valence-corrected chi connectivity index (χ1v) is 7.57. The van der Waals surface area contributed by atoms with E-state index in [-0.39, 0.29) is 0 Å². The molecule has 136 valence electrons. The predicted octanol–water partition coefficient (Wildman–Crippen LogP) is 0.528. The van der Waals surface area contributed by atoms with E-state index < -0.39 is 12.2 Å². The Morgan fingerprint density at radius 1 is 0.652 bits per heavy atom. The fraction of sp³-hybridized carbons (Fsp3) is 0.857. The SMILES string of the molecule is COC(=O)NCCCOCCOCCOCCCNC(=O)OC. The molecule has 0 saturated heterocycles. The van der Waals surface area contributed by atoms with E-state index in [1.807, 2.05) is 0 Å². The van der Waals surface area contributed by atoms with Crippen molar-refractivity contribution < 1.29 is 33.3 Å². The minimum Gasteiger partial charge on any atom is -0.453 e. The van der Waals surface area contributed by atoms with Crippen molar-refractivity contribution in [1.82, 2.24) is 10.6 Å². The van der Waals surface area contributed by atoms with Gasteiger partial charge in [0.1, 0.15) is 0 Å². The molecule has 0 heterocycles. The molecule has 0 atom stereocenters. The second-order valence-corrected chi connectivity index (χ2v) is 4.38. The predicted molar refractivity (Wildman–Crippen MR) is 82.5 cm³/mol. The highest BCUT2D eigenvalue weighted by Crippen LogP contribution is 1.86. The van der Waals surface area contributed by atoms with Crippen LogP contribution in [0, 0.1) is 0 Å². The van der Waals surface area contributed by atoms with Crippen molar-refractivity contribution in [2.75, 3.05) is 67.0 Å². The summed E-state index contributed by atoms with van der Waals surface area (Å²) in [6, 6.07) is 0. The van der Waals surface area contributed by atoms with Crippen LogP contribution in [0.4, 0.5) is 9.59 Å². The molecule has 0 unspecified atom stereocenters. The maximum Gasteiger partial charge on any atom is 0.406 e. The van der Waals surface area contributed by atoms with Crippen molar-refractivity contribution in [3.8, 4) is 0 Å². The van der Waals surface area contributed by atoms with Crippen LogP contribution in [-0.4, -0.2) is 79.1 Å². The molecule has 9 nitrogen and oxygen atoms in total. The Morgan fingerprint density at radius 2 is 1.00 bits per heavy atom. The van der Waals surface area contributed by atoms with Gasteiger partial charge in [-0.15, -0.1) is 0 Å². The molecule has 0 aromatic heterocycles. The van der Waals surface area contributed by atoms with E-state index in [1.54, 1.807) is 0 Å². The number of amides is 2. The molecule has 0 aliphatic carbocycles. The Labute approximate surface area is 136 Å². The highest BCUT2D eigenvalue weighted by atomic mass is 16.5. The number of ether oxygens (including phenoxy) is 5. The standard InChI is InChI=1S/C14H28N2O7/c1-19-13(17)15-5-3-7-21-9-11-23-12-10-22-8-4-6-16-14(18)20-2/h3-12H2,1-2H3,(H,15,17)(H,16,18). The number of methoxy groups -OCH3 is 2. The normalized spacial score (nSPS) is 10.2. The summed E-state index contributed by atoms with van der Waals surface area (Å²) in [5.41, 5.74) is 0. The summed E-state index contributed by atoms with van der Waals surface area (Å²) in [6.45, 7) is 4.14. The zero-order chi connectivity index (χ0) is 17.2. The minimum absolute atomic E-state index is 0.436. The molecule has 2 amide bonds. The van der Waals surface area contributed by atoms with Crippen LogP contribution in [0.2, 0.25) is 0 Å². The molecular weight excluding hydrogens is 308 g/mol. The van der Waals surface area contributed by atoms with Crippen LogP contribution in [0.1, 0.15) is 12.8 Å². The molecular formula is C14H28N2O7. The summed E-state index contributed by atoms with van der Waals surface area (Å²) in [5, 5.41) is 5.12. The summed E-state index contributed by atoms with van der Waals surface area (Å²) < 4.78 is 24.9. The summed E-state index contributed by atoms with van der Waals surface area (Å²) >= 11 is 0. The van der Waals surface area contributed by atoms with Crippen LogP contribution in [0.25, 0.3) is 0 Å². The van der Waals surface area contributed by atoms with Gasteiger partial charge >= 0.3 is 12.2 Å². The molecule has 23 heavy (non-hydrogen) atoms. The lowest BCUT2D eigenvalue weighted by molar-refractivity contribution is 0.0139. The topological polar surface area (TPSA) is 104 Å². The maximum absolute atomic E-state index is 10.7.